The third-order valence-corrected chi connectivity index (χ3v) is 2.19. The summed E-state index contributed by atoms with van der Waals surface area (Å²) >= 11 is 0. The topological polar surface area (TPSA) is 58.6 Å². The summed E-state index contributed by atoms with van der Waals surface area (Å²) in [4.78, 5) is 10.8. The van der Waals surface area contributed by atoms with E-state index in [-0.39, 0.29) is 12.3 Å². The van der Waals surface area contributed by atoms with Gasteiger partial charge in [0.1, 0.15) is 6.04 Å². The molecule has 100 valence electrons. The molecule has 0 aromatic heterocycles. The van der Waals surface area contributed by atoms with Crippen LogP contribution >= 0.6 is 0 Å². The highest BCUT2D eigenvalue weighted by Crippen LogP contribution is 2.34. The molecule has 18 heavy (non-hydrogen) atoms. The lowest BCUT2D eigenvalue weighted by Gasteiger charge is -2.18. The van der Waals surface area contributed by atoms with Crippen LogP contribution in [0.15, 0.2) is 24.3 Å². The number of carbonyl (C=O) groups is 1. The number of halogens is 3. The Hall–Kier alpha value is -1.76. The highest BCUT2D eigenvalue weighted by atomic mass is 19.4. The molecule has 0 fully saturated rings. The van der Waals surface area contributed by atoms with Gasteiger partial charge >= 0.3 is 12.1 Å². The van der Waals surface area contributed by atoms with Gasteiger partial charge in [0.2, 0.25) is 0 Å². The minimum atomic E-state index is -4.54. The number of benzene rings is 1. The molecule has 0 radical (unpaired) electrons. The van der Waals surface area contributed by atoms with Crippen molar-refractivity contribution in [3.05, 3.63) is 29.8 Å². The molecular weight excluding hydrogens is 251 g/mol. The number of ether oxygens (including phenoxy) is 1. The van der Waals surface area contributed by atoms with E-state index >= 15 is 0 Å². The van der Waals surface area contributed by atoms with Crippen molar-refractivity contribution in [2.75, 3.05) is 19.0 Å². The summed E-state index contributed by atoms with van der Waals surface area (Å²) in [6, 6.07) is 3.45. The quantitative estimate of drug-likeness (QED) is 0.855. The van der Waals surface area contributed by atoms with Crippen LogP contribution in [0.5, 0.6) is 0 Å². The van der Waals surface area contributed by atoms with Gasteiger partial charge in [-0.15, -0.1) is 0 Å². The molecule has 0 aliphatic heterocycles. The maximum Gasteiger partial charge on any atom is 0.418 e. The minimum absolute atomic E-state index is 0.235. The van der Waals surface area contributed by atoms with Crippen molar-refractivity contribution in [1.29, 1.82) is 0 Å². The Labute approximate surface area is 101 Å². The van der Waals surface area contributed by atoms with Crippen LogP contribution in [0.3, 0.4) is 0 Å². The van der Waals surface area contributed by atoms with E-state index in [1.807, 2.05) is 0 Å². The molecule has 0 bridgehead atoms. The van der Waals surface area contributed by atoms with E-state index in [4.69, 9.17) is 5.11 Å². The van der Waals surface area contributed by atoms with Gasteiger partial charge in [-0.05, 0) is 12.1 Å². The second kappa shape index (κ2) is 5.72. The van der Waals surface area contributed by atoms with Crippen molar-refractivity contribution >= 4 is 11.7 Å². The molecule has 1 unspecified atom stereocenters. The first-order valence-electron chi connectivity index (χ1n) is 5.00. The van der Waals surface area contributed by atoms with Gasteiger partial charge in [-0.3, -0.25) is 0 Å². The molecule has 0 saturated carbocycles. The molecule has 0 aliphatic carbocycles. The summed E-state index contributed by atoms with van der Waals surface area (Å²) in [5.74, 6) is -1.28. The van der Waals surface area contributed by atoms with Crippen LogP contribution in [0.2, 0.25) is 0 Å². The first-order valence-corrected chi connectivity index (χ1v) is 5.00. The van der Waals surface area contributed by atoms with Crippen LogP contribution in [-0.4, -0.2) is 30.8 Å². The highest BCUT2D eigenvalue weighted by Gasteiger charge is 2.34. The number of carboxylic acids is 1. The standard InChI is InChI=1S/C11H12F3NO3/c1-18-6-9(10(16)17)15-8-5-3-2-4-7(8)11(12,13)14/h2-5,9,15H,6H2,1H3,(H,16,17). The number of methoxy groups -OCH3 is 1. The first-order chi connectivity index (χ1) is 8.36. The SMILES string of the molecule is COCC(Nc1ccccc1C(F)(F)F)C(=O)O. The normalized spacial score (nSPS) is 13.1. The van der Waals surface area contributed by atoms with Crippen molar-refractivity contribution in [2.45, 2.75) is 12.2 Å². The molecule has 1 rings (SSSR count). The molecule has 0 aliphatic rings. The van der Waals surface area contributed by atoms with Crippen LogP contribution in [-0.2, 0) is 15.7 Å². The zero-order chi connectivity index (χ0) is 13.8. The molecule has 4 nitrogen and oxygen atoms in total. The fraction of sp³-hybridized carbons (Fsp3) is 0.364. The fourth-order valence-corrected chi connectivity index (χ4v) is 1.39. The van der Waals surface area contributed by atoms with Gasteiger partial charge in [0.05, 0.1) is 12.2 Å². The summed E-state index contributed by atoms with van der Waals surface area (Å²) in [5.41, 5.74) is -1.19. The van der Waals surface area contributed by atoms with E-state index in [0.29, 0.717) is 0 Å². The third-order valence-electron chi connectivity index (χ3n) is 2.19. The summed E-state index contributed by atoms with van der Waals surface area (Å²) in [7, 11) is 1.27. The molecule has 1 aromatic rings. The number of hydrogen-bond acceptors (Lipinski definition) is 3. The minimum Gasteiger partial charge on any atom is -0.480 e. The highest BCUT2D eigenvalue weighted by molar-refractivity contribution is 5.78. The van der Waals surface area contributed by atoms with Crippen LogP contribution < -0.4 is 5.32 Å². The number of carboxylic acid groups (broad SMARTS) is 1. The molecule has 1 aromatic carbocycles. The number of rotatable bonds is 5. The lowest BCUT2D eigenvalue weighted by Crippen LogP contribution is -2.34. The van der Waals surface area contributed by atoms with E-state index < -0.39 is 23.8 Å². The van der Waals surface area contributed by atoms with Crippen LogP contribution in [0.25, 0.3) is 0 Å². The molecular formula is C11H12F3NO3. The van der Waals surface area contributed by atoms with Crippen molar-refractivity contribution in [3.63, 3.8) is 0 Å². The van der Waals surface area contributed by atoms with E-state index in [0.717, 1.165) is 6.07 Å². The maximum atomic E-state index is 12.7. The maximum absolute atomic E-state index is 12.7. The lowest BCUT2D eigenvalue weighted by molar-refractivity contribution is -0.140. The number of alkyl halides is 3. The Morgan fingerprint density at radius 2 is 2.06 bits per heavy atom. The number of nitrogens with one attached hydrogen (secondary N) is 1. The van der Waals surface area contributed by atoms with Crippen LogP contribution in [0.4, 0.5) is 18.9 Å². The average molecular weight is 263 g/mol. The average Bonchev–Trinajstić information content (AvgIpc) is 2.27. The first kappa shape index (κ1) is 14.3. The Balaban J connectivity index is 2.99. The van der Waals surface area contributed by atoms with Gasteiger partial charge in [-0.1, -0.05) is 12.1 Å². The predicted molar refractivity (Wildman–Crippen MR) is 58.4 cm³/mol. The Morgan fingerprint density at radius 3 is 2.56 bits per heavy atom. The lowest BCUT2D eigenvalue weighted by atomic mass is 10.1. The van der Waals surface area contributed by atoms with Crippen molar-refractivity contribution in [1.82, 2.24) is 0 Å². The molecule has 2 N–H and O–H groups in total. The van der Waals surface area contributed by atoms with Gasteiger partial charge in [-0.25, -0.2) is 4.79 Å². The number of para-hydroxylation sites is 1. The van der Waals surface area contributed by atoms with Gasteiger partial charge < -0.3 is 15.2 Å². The second-order valence-electron chi connectivity index (χ2n) is 3.53. The molecule has 0 heterocycles. The Kier molecular flexibility index (Phi) is 4.55. The third kappa shape index (κ3) is 3.63. The van der Waals surface area contributed by atoms with Crippen molar-refractivity contribution in [2.24, 2.45) is 0 Å². The monoisotopic (exact) mass is 263 g/mol. The zero-order valence-corrected chi connectivity index (χ0v) is 9.49. The predicted octanol–water partition coefficient (Wildman–Crippen LogP) is 2.22. The van der Waals surface area contributed by atoms with Crippen molar-refractivity contribution < 1.29 is 27.8 Å². The van der Waals surface area contributed by atoms with E-state index in [9.17, 15) is 18.0 Å². The van der Waals surface area contributed by atoms with E-state index in [2.05, 4.69) is 10.1 Å². The Morgan fingerprint density at radius 1 is 1.44 bits per heavy atom. The molecule has 7 heteroatoms. The van der Waals surface area contributed by atoms with Gasteiger partial charge in [-0.2, -0.15) is 13.2 Å². The smallest absolute Gasteiger partial charge is 0.418 e. The van der Waals surface area contributed by atoms with Crippen LogP contribution in [0.1, 0.15) is 5.56 Å². The summed E-state index contributed by atoms with van der Waals surface area (Å²) in [5, 5.41) is 11.1. The summed E-state index contributed by atoms with van der Waals surface area (Å²) < 4.78 is 42.6. The van der Waals surface area contributed by atoms with Gasteiger partial charge in [0.15, 0.2) is 0 Å². The second-order valence-corrected chi connectivity index (χ2v) is 3.53. The number of aliphatic carboxylic acids is 1. The van der Waals surface area contributed by atoms with Crippen LogP contribution in [0, 0.1) is 0 Å². The van der Waals surface area contributed by atoms with Gasteiger partial charge in [0, 0.05) is 12.8 Å². The van der Waals surface area contributed by atoms with Crippen molar-refractivity contribution in [3.8, 4) is 0 Å². The molecule has 0 spiro atoms. The Bertz CT molecular complexity index is 420. The zero-order valence-electron chi connectivity index (χ0n) is 9.49. The van der Waals surface area contributed by atoms with Gasteiger partial charge in [0.25, 0.3) is 0 Å². The summed E-state index contributed by atoms with van der Waals surface area (Å²) in [6.07, 6.45) is -4.54. The fourth-order valence-electron chi connectivity index (χ4n) is 1.39. The van der Waals surface area contributed by atoms with E-state index in [1.165, 1.54) is 25.3 Å². The molecule has 0 amide bonds. The largest absolute Gasteiger partial charge is 0.480 e. The number of anilines is 1. The molecule has 0 saturated heterocycles. The molecule has 1 atom stereocenters. The van der Waals surface area contributed by atoms with E-state index in [1.54, 1.807) is 0 Å². The summed E-state index contributed by atoms with van der Waals surface area (Å²) in [6.45, 7) is -0.235. The number of hydrogen-bond donors (Lipinski definition) is 2.